The molecule has 21 heavy (non-hydrogen) atoms. The smallest absolute Gasteiger partial charge is 0.170 e. The van der Waals surface area contributed by atoms with Gasteiger partial charge in [0, 0.05) is 28.6 Å². The summed E-state index contributed by atoms with van der Waals surface area (Å²) in [6, 6.07) is 9.27. The van der Waals surface area contributed by atoms with Gasteiger partial charge in [-0.25, -0.2) is 0 Å². The molecule has 7 heteroatoms. The predicted octanol–water partition coefficient (Wildman–Crippen LogP) is 3.48. The van der Waals surface area contributed by atoms with Crippen molar-refractivity contribution in [3.63, 3.8) is 0 Å². The van der Waals surface area contributed by atoms with Crippen LogP contribution in [-0.4, -0.2) is 17.6 Å². The van der Waals surface area contributed by atoms with Crippen LogP contribution in [0.1, 0.15) is 16.0 Å². The Morgan fingerprint density at radius 2 is 2.10 bits per heavy atom. The number of oxime groups is 1. The third-order valence-corrected chi connectivity index (χ3v) is 4.59. The number of thiophene rings is 1. The molecule has 0 aliphatic heterocycles. The Labute approximate surface area is 137 Å². The highest BCUT2D eigenvalue weighted by Crippen LogP contribution is 2.21. The third kappa shape index (κ3) is 4.61. The lowest BCUT2D eigenvalue weighted by atomic mass is 10.1. The molecule has 4 nitrogen and oxygen atoms in total. The maximum Gasteiger partial charge on any atom is 0.170 e. The van der Waals surface area contributed by atoms with Gasteiger partial charge in [0.05, 0.1) is 4.34 Å². The largest absolute Gasteiger partial charge is 0.409 e. The molecule has 1 aromatic carbocycles. The summed E-state index contributed by atoms with van der Waals surface area (Å²) in [6.07, 6.45) is 0.928. The molecule has 0 unspecified atom stereocenters. The lowest BCUT2D eigenvalue weighted by Crippen LogP contribution is -2.17. The van der Waals surface area contributed by atoms with Gasteiger partial charge in [0.2, 0.25) is 0 Å². The highest BCUT2D eigenvalue weighted by Gasteiger charge is 2.05. The van der Waals surface area contributed by atoms with E-state index >= 15 is 0 Å². The summed E-state index contributed by atoms with van der Waals surface area (Å²) in [7, 11) is 0. The average Bonchev–Trinajstić information content (AvgIpc) is 2.89. The molecule has 0 atom stereocenters. The number of hydrogen-bond donors (Lipinski definition) is 3. The molecule has 1 aromatic heterocycles. The van der Waals surface area contributed by atoms with Gasteiger partial charge in [-0.3, -0.25) is 0 Å². The molecule has 0 amide bonds. The Kier molecular flexibility index (Phi) is 5.87. The summed E-state index contributed by atoms with van der Waals surface area (Å²) in [6.45, 7) is 1.50. The Hall–Kier alpha value is -1.27. The summed E-state index contributed by atoms with van der Waals surface area (Å²) in [4.78, 5) is 1.25. The van der Waals surface area contributed by atoms with Crippen molar-refractivity contribution in [2.75, 3.05) is 6.54 Å². The average molecular weight is 344 g/mol. The Balaban J connectivity index is 1.86. The number of nitrogens with two attached hydrogens (primary N) is 1. The fraction of sp³-hybridized carbons (Fsp3) is 0.214. The van der Waals surface area contributed by atoms with Crippen LogP contribution in [0.3, 0.4) is 0 Å². The Bertz CT molecular complexity index is 643. The number of benzene rings is 1. The maximum absolute atomic E-state index is 8.63. The minimum Gasteiger partial charge on any atom is -0.409 e. The first-order chi connectivity index (χ1) is 10.1. The molecule has 4 N–H and O–H groups in total. The second-order valence-electron chi connectivity index (χ2n) is 4.42. The van der Waals surface area contributed by atoms with Gasteiger partial charge in [-0.1, -0.05) is 40.5 Å². The topological polar surface area (TPSA) is 70.6 Å². The molecule has 0 spiro atoms. The fourth-order valence-corrected chi connectivity index (χ4v) is 3.16. The number of nitrogens with zero attached hydrogens (tertiary/aromatic N) is 1. The molecule has 1 heterocycles. The zero-order chi connectivity index (χ0) is 15.2. The number of rotatable bonds is 6. The lowest BCUT2D eigenvalue weighted by molar-refractivity contribution is 0.318. The quantitative estimate of drug-likeness (QED) is 0.247. The van der Waals surface area contributed by atoms with E-state index in [1.165, 1.54) is 4.88 Å². The van der Waals surface area contributed by atoms with E-state index in [-0.39, 0.29) is 5.84 Å². The van der Waals surface area contributed by atoms with Gasteiger partial charge >= 0.3 is 0 Å². The molecule has 0 aliphatic rings. The Morgan fingerprint density at radius 1 is 1.29 bits per heavy atom. The minimum absolute atomic E-state index is 0.0472. The van der Waals surface area contributed by atoms with E-state index in [4.69, 9.17) is 34.1 Å². The van der Waals surface area contributed by atoms with Crippen molar-refractivity contribution in [2.24, 2.45) is 10.9 Å². The van der Waals surface area contributed by atoms with Crippen LogP contribution in [0.25, 0.3) is 0 Å². The molecular weight excluding hydrogens is 329 g/mol. The molecule has 0 saturated heterocycles. The van der Waals surface area contributed by atoms with Crippen LogP contribution < -0.4 is 11.1 Å². The van der Waals surface area contributed by atoms with Gasteiger partial charge in [-0.2, -0.15) is 0 Å². The lowest BCUT2D eigenvalue weighted by Gasteiger charge is -2.08. The third-order valence-electron chi connectivity index (χ3n) is 2.95. The number of halogens is 2. The first-order valence-electron chi connectivity index (χ1n) is 6.31. The van der Waals surface area contributed by atoms with Crippen molar-refractivity contribution >= 4 is 40.4 Å². The summed E-state index contributed by atoms with van der Waals surface area (Å²) >= 11 is 13.7. The van der Waals surface area contributed by atoms with Crippen molar-refractivity contribution in [3.8, 4) is 0 Å². The molecule has 112 valence electrons. The van der Waals surface area contributed by atoms with Crippen LogP contribution in [0.5, 0.6) is 0 Å². The van der Waals surface area contributed by atoms with E-state index in [0.29, 0.717) is 17.1 Å². The predicted molar refractivity (Wildman–Crippen MR) is 88.7 cm³/mol. The minimum atomic E-state index is 0.0472. The molecule has 0 aliphatic carbocycles. The molecule has 0 bridgehead atoms. The van der Waals surface area contributed by atoms with E-state index in [1.54, 1.807) is 23.5 Å². The SMILES string of the molecule is N/C(=N/O)c1ccc(CNCCc2ccc(Cl)s2)c(Cl)c1. The van der Waals surface area contributed by atoms with Crippen LogP contribution in [0.2, 0.25) is 9.36 Å². The van der Waals surface area contributed by atoms with Crippen molar-refractivity contribution in [1.29, 1.82) is 0 Å². The normalized spacial score (nSPS) is 11.8. The van der Waals surface area contributed by atoms with Crippen molar-refractivity contribution < 1.29 is 5.21 Å². The van der Waals surface area contributed by atoms with Crippen molar-refractivity contribution in [1.82, 2.24) is 5.32 Å². The molecular formula is C14H15Cl2N3OS. The highest BCUT2D eigenvalue weighted by molar-refractivity contribution is 7.16. The van der Waals surface area contributed by atoms with E-state index in [9.17, 15) is 0 Å². The van der Waals surface area contributed by atoms with E-state index < -0.39 is 0 Å². The summed E-state index contributed by atoms with van der Waals surface area (Å²) in [5, 5.41) is 15.5. The van der Waals surface area contributed by atoms with Gasteiger partial charge in [-0.15, -0.1) is 11.3 Å². The van der Waals surface area contributed by atoms with Crippen molar-refractivity contribution in [3.05, 3.63) is 55.7 Å². The first-order valence-corrected chi connectivity index (χ1v) is 7.88. The molecule has 2 rings (SSSR count). The number of amidine groups is 1. The van der Waals surface area contributed by atoms with Crippen LogP contribution in [0, 0.1) is 0 Å². The molecule has 0 fully saturated rings. The van der Waals surface area contributed by atoms with Crippen LogP contribution in [0.15, 0.2) is 35.5 Å². The fourth-order valence-electron chi connectivity index (χ4n) is 1.83. The summed E-state index contributed by atoms with van der Waals surface area (Å²) in [5.41, 5.74) is 7.08. The zero-order valence-electron chi connectivity index (χ0n) is 11.1. The van der Waals surface area contributed by atoms with Gasteiger partial charge < -0.3 is 16.3 Å². The van der Waals surface area contributed by atoms with Gasteiger partial charge in [0.25, 0.3) is 0 Å². The molecule has 2 aromatic rings. The van der Waals surface area contributed by atoms with Gasteiger partial charge in [0.1, 0.15) is 0 Å². The zero-order valence-corrected chi connectivity index (χ0v) is 13.5. The van der Waals surface area contributed by atoms with E-state index in [2.05, 4.69) is 10.5 Å². The monoisotopic (exact) mass is 343 g/mol. The van der Waals surface area contributed by atoms with Gasteiger partial charge in [0.15, 0.2) is 5.84 Å². The first kappa shape index (κ1) is 16.1. The van der Waals surface area contributed by atoms with Crippen LogP contribution in [0.4, 0.5) is 0 Å². The van der Waals surface area contributed by atoms with Crippen molar-refractivity contribution in [2.45, 2.75) is 13.0 Å². The summed E-state index contributed by atoms with van der Waals surface area (Å²) < 4.78 is 0.812. The molecule has 0 radical (unpaired) electrons. The number of nitrogens with one attached hydrogen (secondary N) is 1. The standard InChI is InChI=1S/C14H15Cl2N3OS/c15-12-7-9(14(17)19-20)1-2-10(12)8-18-6-5-11-3-4-13(16)21-11/h1-4,7,18,20H,5-6,8H2,(H2,17,19). The maximum atomic E-state index is 8.63. The second kappa shape index (κ2) is 7.66. The van der Waals surface area contributed by atoms with Crippen LogP contribution >= 0.6 is 34.5 Å². The van der Waals surface area contributed by atoms with Crippen LogP contribution in [-0.2, 0) is 13.0 Å². The summed E-state index contributed by atoms with van der Waals surface area (Å²) in [5.74, 6) is 0.0472. The Morgan fingerprint density at radius 3 is 2.71 bits per heavy atom. The van der Waals surface area contributed by atoms with E-state index in [1.807, 2.05) is 18.2 Å². The molecule has 0 saturated carbocycles. The van der Waals surface area contributed by atoms with Gasteiger partial charge in [-0.05, 0) is 30.2 Å². The number of hydrogen-bond acceptors (Lipinski definition) is 4. The highest BCUT2D eigenvalue weighted by atomic mass is 35.5. The van der Waals surface area contributed by atoms with E-state index in [0.717, 1.165) is 22.9 Å². The second-order valence-corrected chi connectivity index (χ2v) is 6.63.